The average molecular weight is 258 g/mol. The summed E-state index contributed by atoms with van der Waals surface area (Å²) in [5, 5.41) is 3.71. The standard InChI is InChI=1S/C12H20ClN3O/c1-4-17-8-7-16(3)9-11-10(13)5-6-12(14-2)15-11/h5-6H,4,7-9H2,1-3H3,(H,14,15). The van der Waals surface area contributed by atoms with Crippen LogP contribution in [0.5, 0.6) is 0 Å². The molecule has 0 aliphatic carbocycles. The van der Waals surface area contributed by atoms with Crippen molar-refractivity contribution in [2.75, 3.05) is 39.2 Å². The van der Waals surface area contributed by atoms with Gasteiger partial charge in [0, 0.05) is 26.7 Å². The highest BCUT2D eigenvalue weighted by Crippen LogP contribution is 2.17. The molecule has 1 N–H and O–H groups in total. The lowest BCUT2D eigenvalue weighted by Crippen LogP contribution is -2.23. The summed E-state index contributed by atoms with van der Waals surface area (Å²) < 4.78 is 5.31. The third kappa shape index (κ3) is 4.89. The van der Waals surface area contributed by atoms with Crippen LogP contribution in [0.4, 0.5) is 5.82 Å². The van der Waals surface area contributed by atoms with Crippen LogP contribution < -0.4 is 5.32 Å². The van der Waals surface area contributed by atoms with Gasteiger partial charge in [-0.2, -0.15) is 0 Å². The first-order chi connectivity index (χ1) is 8.17. The number of aromatic nitrogens is 1. The molecular weight excluding hydrogens is 238 g/mol. The topological polar surface area (TPSA) is 37.4 Å². The second-order valence-electron chi connectivity index (χ2n) is 3.81. The second-order valence-corrected chi connectivity index (χ2v) is 4.22. The average Bonchev–Trinajstić information content (AvgIpc) is 2.32. The van der Waals surface area contributed by atoms with Crippen molar-refractivity contribution in [1.82, 2.24) is 9.88 Å². The summed E-state index contributed by atoms with van der Waals surface area (Å²) in [6.45, 7) is 5.07. The highest BCUT2D eigenvalue weighted by Gasteiger charge is 2.07. The van der Waals surface area contributed by atoms with Gasteiger partial charge in [-0.15, -0.1) is 0 Å². The highest BCUT2D eigenvalue weighted by atomic mass is 35.5. The third-order valence-corrected chi connectivity index (χ3v) is 2.76. The number of pyridine rings is 1. The minimum absolute atomic E-state index is 0.701. The fraction of sp³-hybridized carbons (Fsp3) is 0.583. The van der Waals surface area contributed by atoms with Gasteiger partial charge in [-0.05, 0) is 26.1 Å². The number of halogens is 1. The van der Waals surface area contributed by atoms with Crippen molar-refractivity contribution in [1.29, 1.82) is 0 Å². The van der Waals surface area contributed by atoms with E-state index in [0.29, 0.717) is 5.02 Å². The monoisotopic (exact) mass is 257 g/mol. The van der Waals surface area contributed by atoms with Crippen molar-refractivity contribution in [2.24, 2.45) is 0 Å². The van der Waals surface area contributed by atoms with E-state index >= 15 is 0 Å². The summed E-state index contributed by atoms with van der Waals surface area (Å²) in [7, 11) is 3.88. The van der Waals surface area contributed by atoms with Gasteiger partial charge < -0.3 is 10.1 Å². The maximum Gasteiger partial charge on any atom is 0.126 e. The molecule has 0 fully saturated rings. The van der Waals surface area contributed by atoms with E-state index in [0.717, 1.165) is 37.8 Å². The fourth-order valence-corrected chi connectivity index (χ4v) is 1.60. The summed E-state index contributed by atoms with van der Waals surface area (Å²) >= 11 is 6.11. The van der Waals surface area contributed by atoms with Gasteiger partial charge in [-0.25, -0.2) is 4.98 Å². The van der Waals surface area contributed by atoms with Crippen molar-refractivity contribution in [3.05, 3.63) is 22.8 Å². The molecule has 0 atom stereocenters. The zero-order valence-electron chi connectivity index (χ0n) is 10.7. The molecule has 4 nitrogen and oxygen atoms in total. The quantitative estimate of drug-likeness (QED) is 0.761. The number of likely N-dealkylation sites (N-methyl/N-ethyl adjacent to an activating group) is 1. The van der Waals surface area contributed by atoms with E-state index in [-0.39, 0.29) is 0 Å². The molecule has 1 aromatic rings. The summed E-state index contributed by atoms with van der Waals surface area (Å²) in [6, 6.07) is 3.73. The molecule has 0 saturated carbocycles. The van der Waals surface area contributed by atoms with Gasteiger partial charge in [-0.1, -0.05) is 11.6 Å². The molecule has 0 bridgehead atoms. The highest BCUT2D eigenvalue weighted by molar-refractivity contribution is 6.31. The SMILES string of the molecule is CCOCCN(C)Cc1nc(NC)ccc1Cl. The molecule has 1 aromatic heterocycles. The molecule has 5 heteroatoms. The lowest BCUT2D eigenvalue weighted by atomic mass is 10.3. The lowest BCUT2D eigenvalue weighted by molar-refractivity contribution is 0.120. The molecule has 0 radical (unpaired) electrons. The van der Waals surface area contributed by atoms with E-state index in [2.05, 4.69) is 15.2 Å². The number of hydrogen-bond acceptors (Lipinski definition) is 4. The van der Waals surface area contributed by atoms with E-state index in [4.69, 9.17) is 16.3 Å². The van der Waals surface area contributed by atoms with Crippen LogP contribution in [-0.4, -0.2) is 43.7 Å². The van der Waals surface area contributed by atoms with E-state index < -0.39 is 0 Å². The van der Waals surface area contributed by atoms with Gasteiger partial charge in [0.15, 0.2) is 0 Å². The predicted molar refractivity (Wildman–Crippen MR) is 71.6 cm³/mol. The number of rotatable bonds is 7. The Labute approximate surface area is 108 Å². The number of nitrogens with zero attached hydrogens (tertiary/aromatic N) is 2. The van der Waals surface area contributed by atoms with Crippen LogP contribution >= 0.6 is 11.6 Å². The van der Waals surface area contributed by atoms with Crippen molar-refractivity contribution in [2.45, 2.75) is 13.5 Å². The van der Waals surface area contributed by atoms with Crippen LogP contribution in [0.2, 0.25) is 5.02 Å². The first kappa shape index (κ1) is 14.2. The van der Waals surface area contributed by atoms with Crippen LogP contribution in [-0.2, 0) is 11.3 Å². The van der Waals surface area contributed by atoms with Crippen LogP contribution in [0, 0.1) is 0 Å². The van der Waals surface area contributed by atoms with E-state index in [9.17, 15) is 0 Å². The third-order valence-electron chi connectivity index (χ3n) is 2.42. The Bertz CT molecular complexity index is 347. The molecule has 1 heterocycles. The maximum atomic E-state index is 6.11. The van der Waals surface area contributed by atoms with Crippen molar-refractivity contribution < 1.29 is 4.74 Å². The molecule has 0 aliphatic rings. The molecule has 0 aliphatic heterocycles. The molecule has 0 spiro atoms. The number of ether oxygens (including phenoxy) is 1. The van der Waals surface area contributed by atoms with E-state index in [1.54, 1.807) is 0 Å². The van der Waals surface area contributed by atoms with Gasteiger partial charge in [0.2, 0.25) is 0 Å². The van der Waals surface area contributed by atoms with Gasteiger partial charge in [0.25, 0.3) is 0 Å². The summed E-state index contributed by atoms with van der Waals surface area (Å²) in [4.78, 5) is 6.58. The Morgan fingerprint density at radius 2 is 2.24 bits per heavy atom. The van der Waals surface area contributed by atoms with Crippen molar-refractivity contribution in [3.63, 3.8) is 0 Å². The molecule has 17 heavy (non-hydrogen) atoms. The Morgan fingerprint density at radius 3 is 2.88 bits per heavy atom. The molecule has 96 valence electrons. The summed E-state index contributed by atoms with van der Waals surface area (Å²) in [5.74, 6) is 0.836. The predicted octanol–water partition coefficient (Wildman–Crippen LogP) is 2.25. The molecule has 0 saturated heterocycles. The normalized spacial score (nSPS) is 10.9. The Balaban J connectivity index is 2.54. The van der Waals surface area contributed by atoms with Gasteiger partial charge in [-0.3, -0.25) is 4.90 Å². The van der Waals surface area contributed by atoms with Crippen LogP contribution in [0.25, 0.3) is 0 Å². The minimum Gasteiger partial charge on any atom is -0.380 e. The molecular formula is C12H20ClN3O. The van der Waals surface area contributed by atoms with Crippen LogP contribution in [0.3, 0.4) is 0 Å². The van der Waals surface area contributed by atoms with Gasteiger partial charge in [0.05, 0.1) is 17.3 Å². The van der Waals surface area contributed by atoms with Gasteiger partial charge >= 0.3 is 0 Å². The minimum atomic E-state index is 0.701. The second kappa shape index (κ2) is 7.48. The largest absolute Gasteiger partial charge is 0.380 e. The maximum absolute atomic E-state index is 6.11. The molecule has 1 rings (SSSR count). The smallest absolute Gasteiger partial charge is 0.126 e. The number of hydrogen-bond donors (Lipinski definition) is 1. The van der Waals surface area contributed by atoms with Gasteiger partial charge in [0.1, 0.15) is 5.82 Å². The van der Waals surface area contributed by atoms with E-state index in [1.165, 1.54) is 0 Å². The number of anilines is 1. The molecule has 0 aromatic carbocycles. The Hall–Kier alpha value is -0.840. The summed E-state index contributed by atoms with van der Waals surface area (Å²) in [5.41, 5.74) is 0.887. The van der Waals surface area contributed by atoms with Crippen molar-refractivity contribution >= 4 is 17.4 Å². The Kier molecular flexibility index (Phi) is 6.26. The Morgan fingerprint density at radius 1 is 1.47 bits per heavy atom. The first-order valence-electron chi connectivity index (χ1n) is 5.76. The van der Waals surface area contributed by atoms with E-state index in [1.807, 2.05) is 33.2 Å². The molecule has 0 unspecified atom stereocenters. The lowest BCUT2D eigenvalue weighted by Gasteiger charge is -2.17. The summed E-state index contributed by atoms with van der Waals surface area (Å²) in [6.07, 6.45) is 0. The zero-order valence-corrected chi connectivity index (χ0v) is 11.4. The van der Waals surface area contributed by atoms with Crippen molar-refractivity contribution in [3.8, 4) is 0 Å². The fourth-order valence-electron chi connectivity index (χ4n) is 1.43. The zero-order chi connectivity index (χ0) is 12.7. The molecule has 0 amide bonds. The van der Waals surface area contributed by atoms with Crippen LogP contribution in [0.1, 0.15) is 12.6 Å². The van der Waals surface area contributed by atoms with Crippen LogP contribution in [0.15, 0.2) is 12.1 Å². The first-order valence-corrected chi connectivity index (χ1v) is 6.14. The number of nitrogens with one attached hydrogen (secondary N) is 1.